The lowest BCUT2D eigenvalue weighted by Crippen LogP contribution is -2.86. The number of carbonyl (C=O) groups excluding carboxylic acids is 2. The van der Waals surface area contributed by atoms with E-state index in [1.165, 1.54) is 18.6 Å². The van der Waals surface area contributed by atoms with Gasteiger partial charge in [0.15, 0.2) is 0 Å². The molecule has 1 saturated carbocycles. The third-order valence-corrected chi connectivity index (χ3v) is 6.56. The maximum Gasteiger partial charge on any atom is 0.275 e. The summed E-state index contributed by atoms with van der Waals surface area (Å²) in [5.74, 6) is 0.454. The summed E-state index contributed by atoms with van der Waals surface area (Å²) in [4.78, 5) is 37.6. The maximum absolute atomic E-state index is 13.3. The van der Waals surface area contributed by atoms with Crippen LogP contribution >= 0.6 is 0 Å². The molecular formula is C22H24N4O3. The van der Waals surface area contributed by atoms with Gasteiger partial charge in [0.2, 0.25) is 5.91 Å². The Kier molecular flexibility index (Phi) is 4.35. The topological polar surface area (TPSA) is 86.6 Å². The normalized spacial score (nSPS) is 24.7. The first-order valence-electron chi connectivity index (χ1n) is 10.2. The van der Waals surface area contributed by atoms with Crippen molar-refractivity contribution < 1.29 is 14.7 Å². The number of likely N-dealkylation sites (tertiary alicyclic amines) is 2. The van der Waals surface area contributed by atoms with Gasteiger partial charge in [0.25, 0.3) is 5.91 Å². The molecule has 7 heteroatoms. The fraction of sp³-hybridized carbons (Fsp3) is 0.455. The molecule has 2 atom stereocenters. The number of carbonyl (C=O) groups is 2. The van der Waals surface area contributed by atoms with E-state index in [1.54, 1.807) is 4.90 Å². The Bertz CT molecular complexity index is 910. The predicted molar refractivity (Wildman–Crippen MR) is 105 cm³/mol. The summed E-state index contributed by atoms with van der Waals surface area (Å²) in [6.07, 6.45) is 7.36. The zero-order chi connectivity index (χ0) is 20.0. The van der Waals surface area contributed by atoms with E-state index in [4.69, 9.17) is 0 Å². The standard InChI is InChI=1S/C22H24N4O3/c27-12-18-20(16-4-2-1-3-5-16)22(13-25(14-22)19(28)10-15-6-7-15)26(18)21(29)17-11-23-8-9-24-17/h1-5,8-9,11,15,18,20,27H,6-7,10,12-14H2/t18-,20-/m1/s1. The molecule has 3 fully saturated rings. The molecule has 1 aliphatic carbocycles. The highest BCUT2D eigenvalue weighted by Gasteiger charge is 2.68. The Morgan fingerprint density at radius 1 is 1.14 bits per heavy atom. The molecule has 1 aromatic heterocycles. The van der Waals surface area contributed by atoms with Crippen LogP contribution < -0.4 is 0 Å². The zero-order valence-corrected chi connectivity index (χ0v) is 16.1. The Morgan fingerprint density at radius 2 is 1.90 bits per heavy atom. The van der Waals surface area contributed by atoms with E-state index < -0.39 is 5.54 Å². The van der Waals surface area contributed by atoms with E-state index in [0.717, 1.165) is 18.4 Å². The molecule has 0 unspecified atom stereocenters. The van der Waals surface area contributed by atoms with Crippen LogP contribution in [0.25, 0.3) is 0 Å². The number of hydrogen-bond donors (Lipinski definition) is 1. The Labute approximate surface area is 169 Å². The number of aliphatic hydroxyl groups excluding tert-OH is 1. The first-order chi connectivity index (χ1) is 14.1. The van der Waals surface area contributed by atoms with Crippen LogP contribution in [0.3, 0.4) is 0 Å². The third kappa shape index (κ3) is 2.92. The van der Waals surface area contributed by atoms with Gasteiger partial charge >= 0.3 is 0 Å². The number of amides is 2. The largest absolute Gasteiger partial charge is 0.394 e. The van der Waals surface area contributed by atoms with Gasteiger partial charge in [-0.2, -0.15) is 0 Å². The van der Waals surface area contributed by atoms with E-state index in [2.05, 4.69) is 9.97 Å². The molecule has 3 aliphatic rings. The molecule has 1 N–H and O–H groups in total. The molecule has 150 valence electrons. The lowest BCUT2D eigenvalue weighted by Gasteiger charge is -2.70. The minimum absolute atomic E-state index is 0.0145. The summed E-state index contributed by atoms with van der Waals surface area (Å²) in [5.41, 5.74) is 0.853. The van der Waals surface area contributed by atoms with Crippen LogP contribution in [0.5, 0.6) is 0 Å². The van der Waals surface area contributed by atoms with E-state index >= 15 is 0 Å². The summed E-state index contributed by atoms with van der Waals surface area (Å²) in [6.45, 7) is 0.866. The molecule has 7 nitrogen and oxygen atoms in total. The number of aromatic nitrogens is 2. The van der Waals surface area contributed by atoms with Crippen molar-refractivity contribution in [2.24, 2.45) is 5.92 Å². The molecule has 1 aromatic carbocycles. The van der Waals surface area contributed by atoms with Crippen molar-refractivity contribution in [2.45, 2.75) is 36.8 Å². The van der Waals surface area contributed by atoms with Crippen molar-refractivity contribution in [3.8, 4) is 0 Å². The fourth-order valence-electron chi connectivity index (χ4n) is 5.01. The smallest absolute Gasteiger partial charge is 0.275 e. The minimum atomic E-state index is -0.497. The molecule has 1 spiro atoms. The SMILES string of the molecule is O=C(CC1CC1)N1CC2(C1)[C@H](c1ccccc1)[C@@H](CO)N2C(=O)c1cnccn1. The van der Waals surface area contributed by atoms with E-state index in [-0.39, 0.29) is 36.1 Å². The summed E-state index contributed by atoms with van der Waals surface area (Å²) >= 11 is 0. The number of rotatable bonds is 5. The number of aliphatic hydroxyl groups is 1. The van der Waals surface area contributed by atoms with E-state index in [9.17, 15) is 14.7 Å². The van der Waals surface area contributed by atoms with Gasteiger partial charge in [-0.15, -0.1) is 0 Å². The van der Waals surface area contributed by atoms with Gasteiger partial charge in [-0.05, 0) is 24.3 Å². The van der Waals surface area contributed by atoms with Gasteiger partial charge in [-0.25, -0.2) is 4.98 Å². The van der Waals surface area contributed by atoms with Crippen LogP contribution in [-0.2, 0) is 4.79 Å². The van der Waals surface area contributed by atoms with Gasteiger partial charge in [0.05, 0.1) is 24.4 Å². The first kappa shape index (κ1) is 18.2. The average molecular weight is 392 g/mol. The van der Waals surface area contributed by atoms with Crippen molar-refractivity contribution in [1.82, 2.24) is 19.8 Å². The molecule has 0 bridgehead atoms. The van der Waals surface area contributed by atoms with Gasteiger partial charge in [0.1, 0.15) is 5.69 Å². The zero-order valence-electron chi connectivity index (χ0n) is 16.1. The molecule has 5 rings (SSSR count). The summed E-state index contributed by atoms with van der Waals surface area (Å²) < 4.78 is 0. The number of nitrogens with zero attached hydrogens (tertiary/aromatic N) is 4. The van der Waals surface area contributed by atoms with Crippen molar-refractivity contribution >= 4 is 11.8 Å². The molecule has 2 amide bonds. The molecule has 29 heavy (non-hydrogen) atoms. The Morgan fingerprint density at radius 3 is 2.52 bits per heavy atom. The molecule has 3 heterocycles. The Hall–Kier alpha value is -2.80. The second kappa shape index (κ2) is 6.91. The fourth-order valence-corrected chi connectivity index (χ4v) is 5.01. The summed E-state index contributed by atoms with van der Waals surface area (Å²) in [7, 11) is 0. The molecule has 2 aliphatic heterocycles. The van der Waals surface area contributed by atoms with Crippen LogP contribution in [0, 0.1) is 5.92 Å². The number of benzene rings is 1. The quantitative estimate of drug-likeness (QED) is 0.833. The van der Waals surface area contributed by atoms with Crippen LogP contribution in [0.4, 0.5) is 0 Å². The monoisotopic (exact) mass is 392 g/mol. The van der Waals surface area contributed by atoms with Gasteiger partial charge < -0.3 is 14.9 Å². The van der Waals surface area contributed by atoms with Crippen molar-refractivity contribution in [3.05, 3.63) is 60.2 Å². The molecule has 2 aromatic rings. The van der Waals surface area contributed by atoms with Crippen LogP contribution in [-0.4, -0.2) is 68.0 Å². The molecule has 2 saturated heterocycles. The van der Waals surface area contributed by atoms with E-state index in [1.807, 2.05) is 35.2 Å². The van der Waals surface area contributed by atoms with Gasteiger partial charge in [-0.1, -0.05) is 30.3 Å². The van der Waals surface area contributed by atoms with Crippen LogP contribution in [0.15, 0.2) is 48.9 Å². The summed E-state index contributed by atoms with van der Waals surface area (Å²) in [6, 6.07) is 9.63. The predicted octanol–water partition coefficient (Wildman–Crippen LogP) is 1.46. The van der Waals surface area contributed by atoms with Crippen molar-refractivity contribution in [3.63, 3.8) is 0 Å². The first-order valence-corrected chi connectivity index (χ1v) is 10.2. The minimum Gasteiger partial charge on any atom is -0.394 e. The van der Waals surface area contributed by atoms with Gasteiger partial charge in [0, 0.05) is 37.8 Å². The maximum atomic E-state index is 13.3. The second-order valence-electron chi connectivity index (χ2n) is 8.40. The highest BCUT2D eigenvalue weighted by Crippen LogP contribution is 2.54. The molecular weight excluding hydrogens is 368 g/mol. The highest BCUT2D eigenvalue weighted by atomic mass is 16.3. The summed E-state index contributed by atoms with van der Waals surface area (Å²) in [5, 5.41) is 10.1. The average Bonchev–Trinajstić information content (AvgIpc) is 3.52. The second-order valence-corrected chi connectivity index (χ2v) is 8.40. The van der Waals surface area contributed by atoms with E-state index in [0.29, 0.717) is 25.4 Å². The molecule has 0 radical (unpaired) electrons. The van der Waals surface area contributed by atoms with Gasteiger partial charge in [-0.3, -0.25) is 14.6 Å². The van der Waals surface area contributed by atoms with Crippen LogP contribution in [0.2, 0.25) is 0 Å². The lowest BCUT2D eigenvalue weighted by molar-refractivity contribution is -0.178. The third-order valence-electron chi connectivity index (χ3n) is 6.56. The van der Waals surface area contributed by atoms with Crippen molar-refractivity contribution in [1.29, 1.82) is 0 Å². The number of hydrogen-bond acceptors (Lipinski definition) is 5. The van der Waals surface area contributed by atoms with Crippen molar-refractivity contribution in [2.75, 3.05) is 19.7 Å². The Balaban J connectivity index is 1.45. The lowest BCUT2D eigenvalue weighted by atomic mass is 9.60. The van der Waals surface area contributed by atoms with Crippen LogP contribution in [0.1, 0.15) is 41.2 Å². The highest BCUT2D eigenvalue weighted by molar-refractivity contribution is 5.94.